The highest BCUT2D eigenvalue weighted by Gasteiger charge is 2.11. The van der Waals surface area contributed by atoms with E-state index in [0.29, 0.717) is 5.75 Å². The van der Waals surface area contributed by atoms with Gasteiger partial charge in [0.2, 0.25) is 5.91 Å². The molecule has 0 bridgehead atoms. The van der Waals surface area contributed by atoms with Crippen LogP contribution < -0.4 is 5.32 Å². The van der Waals surface area contributed by atoms with Crippen LogP contribution in [0.2, 0.25) is 0 Å². The third-order valence-corrected chi connectivity index (χ3v) is 3.90. The third-order valence-electron chi connectivity index (χ3n) is 3.90. The number of benzene rings is 4. The van der Waals surface area contributed by atoms with E-state index < -0.39 is 0 Å². The van der Waals surface area contributed by atoms with Crippen LogP contribution in [0.1, 0.15) is 6.92 Å². The maximum absolute atomic E-state index is 11.3. The maximum Gasteiger partial charge on any atom is 0.221 e. The first-order chi connectivity index (χ1) is 10.1. The largest absolute Gasteiger partial charge is 0.507 e. The Balaban J connectivity index is 2.17. The van der Waals surface area contributed by atoms with Crippen LogP contribution in [0.4, 0.5) is 5.69 Å². The average Bonchev–Trinajstić information content (AvgIpc) is 2.45. The highest BCUT2D eigenvalue weighted by molar-refractivity contribution is 6.24. The fourth-order valence-corrected chi connectivity index (χ4v) is 3.08. The first-order valence-electron chi connectivity index (χ1n) is 6.81. The summed E-state index contributed by atoms with van der Waals surface area (Å²) < 4.78 is 0. The van der Waals surface area contributed by atoms with Gasteiger partial charge in [-0.25, -0.2) is 0 Å². The van der Waals surface area contributed by atoms with E-state index in [0.717, 1.165) is 38.0 Å². The number of phenolic OH excluding ortho intramolecular Hbond substituents is 1. The standard InChI is InChI=1S/C18H13NO2/c1-10(20)19-14-8-12-3-2-11-5-7-16(21)15-6-4-13(9-14)17(12)18(11)15/h2-9,21H,1H3,(H,19,20). The number of amides is 1. The normalized spacial score (nSPS) is 11.5. The summed E-state index contributed by atoms with van der Waals surface area (Å²) in [6.45, 7) is 1.50. The molecule has 0 saturated carbocycles. The topological polar surface area (TPSA) is 49.3 Å². The summed E-state index contributed by atoms with van der Waals surface area (Å²) in [7, 11) is 0. The maximum atomic E-state index is 11.3. The van der Waals surface area contributed by atoms with Crippen molar-refractivity contribution in [2.24, 2.45) is 0 Å². The lowest BCUT2D eigenvalue weighted by Crippen LogP contribution is -2.05. The smallest absolute Gasteiger partial charge is 0.221 e. The van der Waals surface area contributed by atoms with Crippen molar-refractivity contribution in [2.75, 3.05) is 5.32 Å². The summed E-state index contributed by atoms with van der Waals surface area (Å²) in [6.07, 6.45) is 0. The minimum atomic E-state index is -0.0829. The van der Waals surface area contributed by atoms with E-state index in [1.807, 2.05) is 42.5 Å². The van der Waals surface area contributed by atoms with E-state index in [4.69, 9.17) is 0 Å². The molecule has 0 aromatic heterocycles. The molecular formula is C18H13NO2. The van der Waals surface area contributed by atoms with Gasteiger partial charge in [-0.05, 0) is 39.7 Å². The molecule has 4 aromatic carbocycles. The third kappa shape index (κ3) is 1.71. The van der Waals surface area contributed by atoms with Crippen molar-refractivity contribution >= 4 is 43.9 Å². The first kappa shape index (κ1) is 12.0. The van der Waals surface area contributed by atoms with Crippen molar-refractivity contribution in [3.05, 3.63) is 48.5 Å². The molecular weight excluding hydrogens is 262 g/mol. The lowest BCUT2D eigenvalue weighted by Gasteiger charge is -2.13. The minimum Gasteiger partial charge on any atom is -0.507 e. The van der Waals surface area contributed by atoms with Gasteiger partial charge < -0.3 is 10.4 Å². The number of phenols is 1. The van der Waals surface area contributed by atoms with Gasteiger partial charge in [0.25, 0.3) is 0 Å². The van der Waals surface area contributed by atoms with Gasteiger partial charge in [0.1, 0.15) is 5.75 Å². The molecule has 4 aromatic rings. The van der Waals surface area contributed by atoms with Gasteiger partial charge in [-0.2, -0.15) is 0 Å². The Morgan fingerprint density at radius 2 is 1.52 bits per heavy atom. The minimum absolute atomic E-state index is 0.0829. The summed E-state index contributed by atoms with van der Waals surface area (Å²) in [5.74, 6) is 0.211. The first-order valence-corrected chi connectivity index (χ1v) is 6.81. The molecule has 0 aliphatic rings. The number of hydrogen-bond donors (Lipinski definition) is 2. The second-order valence-electron chi connectivity index (χ2n) is 5.34. The zero-order chi connectivity index (χ0) is 14.6. The van der Waals surface area contributed by atoms with Crippen LogP contribution >= 0.6 is 0 Å². The number of carbonyl (C=O) groups excluding carboxylic acids is 1. The second-order valence-corrected chi connectivity index (χ2v) is 5.34. The fraction of sp³-hybridized carbons (Fsp3) is 0.0556. The van der Waals surface area contributed by atoms with Crippen LogP contribution in [0.3, 0.4) is 0 Å². The molecule has 0 aliphatic heterocycles. The predicted octanol–water partition coefficient (Wildman–Crippen LogP) is 4.25. The zero-order valence-corrected chi connectivity index (χ0v) is 11.5. The number of carbonyl (C=O) groups is 1. The Labute approximate surface area is 121 Å². The van der Waals surface area contributed by atoms with Gasteiger partial charge in [-0.3, -0.25) is 4.79 Å². The fourth-order valence-electron chi connectivity index (χ4n) is 3.08. The Bertz CT molecular complexity index is 986. The lowest BCUT2D eigenvalue weighted by atomic mass is 9.93. The van der Waals surface area contributed by atoms with Crippen molar-refractivity contribution in [1.82, 2.24) is 0 Å². The summed E-state index contributed by atoms with van der Waals surface area (Å²) in [5.41, 5.74) is 0.789. The van der Waals surface area contributed by atoms with E-state index in [9.17, 15) is 9.90 Å². The van der Waals surface area contributed by atoms with Crippen molar-refractivity contribution in [3.8, 4) is 5.75 Å². The second kappa shape index (κ2) is 4.09. The molecule has 3 nitrogen and oxygen atoms in total. The zero-order valence-electron chi connectivity index (χ0n) is 11.5. The SMILES string of the molecule is CC(=O)Nc1cc2ccc3ccc(O)c4ccc(c1)c2c34. The van der Waals surface area contributed by atoms with Crippen molar-refractivity contribution in [3.63, 3.8) is 0 Å². The Hall–Kier alpha value is -2.81. The van der Waals surface area contributed by atoms with E-state index >= 15 is 0 Å². The van der Waals surface area contributed by atoms with E-state index in [2.05, 4.69) is 5.32 Å². The monoisotopic (exact) mass is 275 g/mol. The molecule has 0 unspecified atom stereocenters. The Morgan fingerprint density at radius 1 is 0.905 bits per heavy atom. The molecule has 102 valence electrons. The van der Waals surface area contributed by atoms with Crippen molar-refractivity contribution in [1.29, 1.82) is 0 Å². The van der Waals surface area contributed by atoms with Crippen LogP contribution in [-0.4, -0.2) is 11.0 Å². The lowest BCUT2D eigenvalue weighted by molar-refractivity contribution is -0.114. The summed E-state index contributed by atoms with van der Waals surface area (Å²) in [4.78, 5) is 11.3. The van der Waals surface area contributed by atoms with Crippen LogP contribution in [0.15, 0.2) is 48.5 Å². The Morgan fingerprint density at radius 3 is 2.24 bits per heavy atom. The number of rotatable bonds is 1. The molecule has 0 saturated heterocycles. The predicted molar refractivity (Wildman–Crippen MR) is 86.1 cm³/mol. The van der Waals surface area contributed by atoms with Gasteiger partial charge in [0.05, 0.1) is 0 Å². The van der Waals surface area contributed by atoms with Crippen LogP contribution in [0.5, 0.6) is 5.75 Å². The van der Waals surface area contributed by atoms with Crippen LogP contribution in [0, 0.1) is 0 Å². The van der Waals surface area contributed by atoms with Gasteiger partial charge in [0, 0.05) is 23.4 Å². The van der Waals surface area contributed by atoms with Crippen LogP contribution in [0.25, 0.3) is 32.3 Å². The summed E-state index contributed by atoms with van der Waals surface area (Å²) in [6, 6.07) is 15.6. The van der Waals surface area contributed by atoms with E-state index in [1.165, 1.54) is 6.92 Å². The van der Waals surface area contributed by atoms with E-state index in [1.54, 1.807) is 6.07 Å². The van der Waals surface area contributed by atoms with Gasteiger partial charge in [-0.15, -0.1) is 0 Å². The van der Waals surface area contributed by atoms with Gasteiger partial charge >= 0.3 is 0 Å². The van der Waals surface area contributed by atoms with Crippen molar-refractivity contribution < 1.29 is 9.90 Å². The quantitative estimate of drug-likeness (QED) is 0.510. The number of hydrogen-bond acceptors (Lipinski definition) is 2. The number of aromatic hydroxyl groups is 1. The number of anilines is 1. The van der Waals surface area contributed by atoms with Gasteiger partial charge in [0.15, 0.2) is 0 Å². The molecule has 3 heteroatoms. The molecule has 0 spiro atoms. The van der Waals surface area contributed by atoms with Gasteiger partial charge in [-0.1, -0.05) is 30.3 Å². The van der Waals surface area contributed by atoms with Crippen molar-refractivity contribution in [2.45, 2.75) is 6.92 Å². The summed E-state index contributed by atoms with van der Waals surface area (Å²) in [5, 5.41) is 19.2. The molecule has 0 heterocycles. The van der Waals surface area contributed by atoms with Crippen LogP contribution in [-0.2, 0) is 4.79 Å². The molecule has 0 fully saturated rings. The number of nitrogens with one attached hydrogen (secondary N) is 1. The highest BCUT2D eigenvalue weighted by atomic mass is 16.3. The molecule has 21 heavy (non-hydrogen) atoms. The Kier molecular flexibility index (Phi) is 2.33. The molecule has 0 radical (unpaired) electrons. The highest BCUT2D eigenvalue weighted by Crippen LogP contribution is 2.39. The van der Waals surface area contributed by atoms with E-state index in [-0.39, 0.29) is 5.91 Å². The molecule has 1 amide bonds. The molecule has 0 aliphatic carbocycles. The molecule has 0 atom stereocenters. The summed E-state index contributed by atoms with van der Waals surface area (Å²) >= 11 is 0. The molecule has 4 rings (SSSR count). The molecule has 2 N–H and O–H groups in total. The average molecular weight is 275 g/mol.